The van der Waals surface area contributed by atoms with Gasteiger partial charge in [0.1, 0.15) is 0 Å². The maximum atomic E-state index is 11.2. The van der Waals surface area contributed by atoms with Crippen LogP contribution in [0.25, 0.3) is 0 Å². The number of fused-ring (bicyclic) bond motifs is 1. The second-order valence-electron chi connectivity index (χ2n) is 5.05. The molecule has 2 atom stereocenters. The van der Waals surface area contributed by atoms with Gasteiger partial charge in [0.15, 0.2) is 0 Å². The summed E-state index contributed by atoms with van der Waals surface area (Å²) < 4.78 is 4.72. The molecule has 2 unspecified atom stereocenters. The number of carbonyl (C=O) groups is 1. The third kappa shape index (κ3) is 2.55. The van der Waals surface area contributed by atoms with Gasteiger partial charge in [0.05, 0.1) is 13.7 Å². The summed E-state index contributed by atoms with van der Waals surface area (Å²) in [5.74, 6) is 0.639. The molecule has 2 fully saturated rings. The minimum absolute atomic E-state index is 0.109. The lowest BCUT2D eigenvalue weighted by molar-refractivity contribution is -0.142. The van der Waals surface area contributed by atoms with E-state index in [1.165, 1.54) is 32.9 Å². The highest BCUT2D eigenvalue weighted by Gasteiger charge is 2.34. The van der Waals surface area contributed by atoms with Gasteiger partial charge in [-0.25, -0.2) is 0 Å². The van der Waals surface area contributed by atoms with E-state index in [0.29, 0.717) is 6.54 Å². The number of nitrogens with zero attached hydrogens (tertiary/aromatic N) is 2. The number of hydrogen-bond donors (Lipinski definition) is 0. The number of piperidine rings is 2. The molecule has 2 aliphatic rings. The molecular formula is C12H22N2O2. The molecule has 0 bridgehead atoms. The quantitative estimate of drug-likeness (QED) is 0.645. The van der Waals surface area contributed by atoms with Crippen molar-refractivity contribution in [3.05, 3.63) is 0 Å². The Bertz CT molecular complexity index is 257. The first kappa shape index (κ1) is 11.9. The van der Waals surface area contributed by atoms with Crippen molar-refractivity contribution in [2.75, 3.05) is 40.3 Å². The first-order valence-electron chi connectivity index (χ1n) is 6.20. The highest BCUT2D eigenvalue weighted by atomic mass is 16.5. The fourth-order valence-corrected chi connectivity index (χ4v) is 3.12. The third-order valence-electron chi connectivity index (χ3n) is 4.01. The van der Waals surface area contributed by atoms with Crippen LogP contribution in [0.2, 0.25) is 0 Å². The summed E-state index contributed by atoms with van der Waals surface area (Å²) in [4.78, 5) is 16.0. The van der Waals surface area contributed by atoms with Crippen molar-refractivity contribution in [3.8, 4) is 0 Å². The first-order chi connectivity index (χ1) is 7.70. The van der Waals surface area contributed by atoms with E-state index in [1.54, 1.807) is 0 Å². The fourth-order valence-electron chi connectivity index (χ4n) is 3.12. The molecule has 0 amide bonds. The van der Waals surface area contributed by atoms with Crippen LogP contribution in [-0.4, -0.2) is 62.1 Å². The molecule has 4 nitrogen and oxygen atoms in total. The Kier molecular flexibility index (Phi) is 3.82. The van der Waals surface area contributed by atoms with Crippen LogP contribution in [-0.2, 0) is 9.53 Å². The van der Waals surface area contributed by atoms with Crippen LogP contribution in [0.3, 0.4) is 0 Å². The largest absolute Gasteiger partial charge is 0.468 e. The number of methoxy groups -OCH3 is 1. The minimum atomic E-state index is -0.109. The Balaban J connectivity index is 1.87. The lowest BCUT2D eigenvalue weighted by Crippen LogP contribution is -2.53. The zero-order valence-corrected chi connectivity index (χ0v) is 10.3. The smallest absolute Gasteiger partial charge is 0.319 e. The van der Waals surface area contributed by atoms with E-state index in [-0.39, 0.29) is 5.97 Å². The van der Waals surface area contributed by atoms with Gasteiger partial charge in [-0.1, -0.05) is 0 Å². The molecule has 16 heavy (non-hydrogen) atoms. The van der Waals surface area contributed by atoms with E-state index in [2.05, 4.69) is 16.8 Å². The van der Waals surface area contributed by atoms with Gasteiger partial charge in [0, 0.05) is 19.1 Å². The van der Waals surface area contributed by atoms with Crippen LogP contribution in [0.4, 0.5) is 0 Å². The summed E-state index contributed by atoms with van der Waals surface area (Å²) in [5, 5.41) is 0. The number of ether oxygens (including phenoxy) is 1. The lowest BCUT2D eigenvalue weighted by Gasteiger charge is -2.45. The van der Waals surface area contributed by atoms with Gasteiger partial charge >= 0.3 is 5.97 Å². The molecule has 0 aliphatic carbocycles. The molecule has 2 rings (SSSR count). The molecule has 4 heteroatoms. The second kappa shape index (κ2) is 5.15. The minimum Gasteiger partial charge on any atom is -0.468 e. The molecule has 0 aromatic heterocycles. The molecule has 0 saturated carbocycles. The SMILES string of the molecule is COC(=O)CN1CCC2C(CCCN2C)C1. The van der Waals surface area contributed by atoms with E-state index in [4.69, 9.17) is 4.74 Å². The molecule has 2 saturated heterocycles. The topological polar surface area (TPSA) is 32.8 Å². The predicted molar refractivity (Wildman–Crippen MR) is 62.2 cm³/mol. The molecule has 0 aromatic carbocycles. The maximum Gasteiger partial charge on any atom is 0.319 e. The molecule has 0 aromatic rings. The van der Waals surface area contributed by atoms with E-state index in [9.17, 15) is 4.79 Å². The van der Waals surface area contributed by atoms with Gasteiger partial charge in [-0.3, -0.25) is 9.69 Å². The normalized spacial score (nSPS) is 32.1. The fraction of sp³-hybridized carbons (Fsp3) is 0.917. The molecule has 2 heterocycles. The number of likely N-dealkylation sites (tertiary alicyclic amines) is 2. The van der Waals surface area contributed by atoms with Crippen LogP contribution in [0.1, 0.15) is 19.3 Å². The van der Waals surface area contributed by atoms with Crippen LogP contribution in [0.15, 0.2) is 0 Å². The first-order valence-corrected chi connectivity index (χ1v) is 6.20. The Morgan fingerprint density at radius 3 is 2.94 bits per heavy atom. The number of carbonyl (C=O) groups excluding carboxylic acids is 1. The zero-order valence-electron chi connectivity index (χ0n) is 10.3. The number of esters is 1. The molecule has 0 N–H and O–H groups in total. The highest BCUT2D eigenvalue weighted by molar-refractivity contribution is 5.71. The van der Waals surface area contributed by atoms with Crippen molar-refractivity contribution >= 4 is 5.97 Å². The van der Waals surface area contributed by atoms with Crippen molar-refractivity contribution in [3.63, 3.8) is 0 Å². The summed E-state index contributed by atoms with van der Waals surface area (Å²) >= 11 is 0. The van der Waals surface area contributed by atoms with Crippen molar-refractivity contribution in [2.24, 2.45) is 5.92 Å². The van der Waals surface area contributed by atoms with Crippen LogP contribution in [0.5, 0.6) is 0 Å². The molecule has 2 aliphatic heterocycles. The van der Waals surface area contributed by atoms with Crippen LogP contribution in [0, 0.1) is 5.92 Å². The van der Waals surface area contributed by atoms with Gasteiger partial charge in [-0.15, -0.1) is 0 Å². The number of hydrogen-bond acceptors (Lipinski definition) is 4. The van der Waals surface area contributed by atoms with E-state index in [1.807, 2.05) is 0 Å². The van der Waals surface area contributed by atoms with E-state index in [0.717, 1.165) is 25.0 Å². The van der Waals surface area contributed by atoms with Crippen LogP contribution >= 0.6 is 0 Å². The summed E-state index contributed by atoms with van der Waals surface area (Å²) in [6.45, 7) is 3.78. The number of rotatable bonds is 2. The van der Waals surface area contributed by atoms with Crippen molar-refractivity contribution in [1.29, 1.82) is 0 Å². The van der Waals surface area contributed by atoms with Crippen LogP contribution < -0.4 is 0 Å². The average Bonchev–Trinajstić information content (AvgIpc) is 2.29. The Morgan fingerprint density at radius 1 is 1.38 bits per heavy atom. The summed E-state index contributed by atoms with van der Waals surface area (Å²) in [7, 11) is 3.69. The standard InChI is InChI=1S/C12H22N2O2/c1-13-6-3-4-10-8-14(7-5-11(10)13)9-12(15)16-2/h10-11H,3-9H2,1-2H3. The highest BCUT2D eigenvalue weighted by Crippen LogP contribution is 2.29. The Labute approximate surface area is 97.5 Å². The van der Waals surface area contributed by atoms with Gasteiger partial charge in [0.2, 0.25) is 0 Å². The van der Waals surface area contributed by atoms with Gasteiger partial charge in [-0.2, -0.15) is 0 Å². The molecule has 0 radical (unpaired) electrons. The monoisotopic (exact) mass is 226 g/mol. The Morgan fingerprint density at radius 2 is 2.19 bits per heavy atom. The van der Waals surface area contributed by atoms with E-state index >= 15 is 0 Å². The van der Waals surface area contributed by atoms with E-state index < -0.39 is 0 Å². The van der Waals surface area contributed by atoms with Crippen molar-refractivity contribution in [2.45, 2.75) is 25.3 Å². The average molecular weight is 226 g/mol. The molecular weight excluding hydrogens is 204 g/mol. The molecule has 0 spiro atoms. The third-order valence-corrected chi connectivity index (χ3v) is 4.01. The summed E-state index contributed by atoms with van der Waals surface area (Å²) in [6.07, 6.45) is 3.80. The maximum absolute atomic E-state index is 11.2. The zero-order chi connectivity index (χ0) is 11.5. The van der Waals surface area contributed by atoms with Crippen molar-refractivity contribution < 1.29 is 9.53 Å². The second-order valence-corrected chi connectivity index (χ2v) is 5.05. The lowest BCUT2D eigenvalue weighted by atomic mass is 9.84. The molecule has 92 valence electrons. The van der Waals surface area contributed by atoms with Gasteiger partial charge in [0.25, 0.3) is 0 Å². The summed E-state index contributed by atoms with van der Waals surface area (Å²) in [6, 6.07) is 0.739. The predicted octanol–water partition coefficient (Wildman–Crippen LogP) is 0.575. The van der Waals surface area contributed by atoms with Gasteiger partial charge in [-0.05, 0) is 38.8 Å². The summed E-state index contributed by atoms with van der Waals surface area (Å²) in [5.41, 5.74) is 0. The van der Waals surface area contributed by atoms with Crippen molar-refractivity contribution in [1.82, 2.24) is 9.80 Å². The van der Waals surface area contributed by atoms with Gasteiger partial charge < -0.3 is 9.64 Å². The Hall–Kier alpha value is -0.610.